The molecule has 1 N–H and O–H groups in total. The summed E-state index contributed by atoms with van der Waals surface area (Å²) in [4.78, 5) is 20.8. The molecule has 0 bridgehead atoms. The molecular weight excluding hydrogens is 868 g/mol. The predicted octanol–water partition coefficient (Wildman–Crippen LogP) is 11.8. The van der Waals surface area contributed by atoms with Crippen molar-refractivity contribution >= 4 is 0 Å². The van der Waals surface area contributed by atoms with Crippen LogP contribution < -0.4 is 4.98 Å². The number of para-hydroxylation sites is 1. The number of rotatable bonds is 5. The Morgan fingerprint density at radius 1 is 0.536 bits per heavy atom. The first-order valence-electron chi connectivity index (χ1n) is 19.2. The largest absolute Gasteiger partial charge is 0.507 e. The van der Waals surface area contributed by atoms with Gasteiger partial charge in [-0.2, -0.15) is 0 Å². The molecule has 0 spiro atoms. The van der Waals surface area contributed by atoms with Crippen molar-refractivity contribution in [1.82, 2.24) is 19.9 Å². The summed E-state index contributed by atoms with van der Waals surface area (Å²) in [6, 6.07) is 40.0. The number of nitrogens with zero attached hydrogens (tertiary/aromatic N) is 4. The summed E-state index contributed by atoms with van der Waals surface area (Å²) in [5.74, 6) is 0.689. The van der Waals surface area contributed by atoms with E-state index in [0.29, 0.717) is 22.8 Å². The van der Waals surface area contributed by atoms with Crippen LogP contribution in [-0.4, -0.2) is 20.1 Å². The summed E-state index contributed by atoms with van der Waals surface area (Å²) >= 11 is 0. The zero-order valence-corrected chi connectivity index (χ0v) is 35.9. The average Bonchev–Trinajstić information content (AvgIpc) is 3.76. The Balaban J connectivity index is 0.00000480. The molecule has 0 radical (unpaired) electrons. The molecule has 286 valence electrons. The van der Waals surface area contributed by atoms with Crippen molar-refractivity contribution in [2.45, 2.75) is 84.0 Å². The number of phenolic OH excluding ortho intramolecular Hbond substituents is 1. The van der Waals surface area contributed by atoms with Gasteiger partial charge in [-0.05, 0) is 114 Å². The Morgan fingerprint density at radius 3 is 1.62 bits per heavy atom. The maximum Gasteiger partial charge on any atom is 0.124 e. The van der Waals surface area contributed by atoms with Gasteiger partial charge in [0.1, 0.15) is 5.75 Å². The van der Waals surface area contributed by atoms with Crippen molar-refractivity contribution in [3.8, 4) is 50.8 Å². The standard InChI is InChI=1S/C50H49N4O.Pt/c1-47(2,3)33-22-23-51-44(29-33)50(39-19-13-10-16-36(39)37-17-11-14-20-40(37)50)45-30-52-46(54-45)42-27-32(26-41(53-42)38-18-12-15-21-43(38)55)31-24-34(48(4,5)6)28-35(25-31)49(7,8)9;/h10-30H,1-9H3,(H-,52,53,54,55);/q-1;. The molecule has 8 rings (SSSR count). The molecule has 7 aromatic rings. The van der Waals surface area contributed by atoms with Gasteiger partial charge in [0.15, 0.2) is 0 Å². The van der Waals surface area contributed by atoms with Gasteiger partial charge in [-0.25, -0.2) is 4.98 Å². The van der Waals surface area contributed by atoms with Gasteiger partial charge in [-0.1, -0.05) is 147 Å². The van der Waals surface area contributed by atoms with Crippen LogP contribution in [0.1, 0.15) is 102 Å². The van der Waals surface area contributed by atoms with Crippen molar-refractivity contribution in [2.24, 2.45) is 0 Å². The summed E-state index contributed by atoms with van der Waals surface area (Å²) < 4.78 is 0. The summed E-state index contributed by atoms with van der Waals surface area (Å²) in [6.45, 7) is 20.2. The fourth-order valence-electron chi connectivity index (χ4n) is 7.92. The third-order valence-corrected chi connectivity index (χ3v) is 11.1. The number of imidazole rings is 1. The number of phenols is 1. The minimum atomic E-state index is -0.805. The molecule has 5 nitrogen and oxygen atoms in total. The molecule has 0 unspecified atom stereocenters. The van der Waals surface area contributed by atoms with E-state index in [1.807, 2.05) is 30.6 Å². The second-order valence-corrected chi connectivity index (χ2v) is 18.0. The Bertz CT molecular complexity index is 2500. The molecule has 56 heavy (non-hydrogen) atoms. The number of aromatic hydroxyl groups is 1. The van der Waals surface area contributed by atoms with Gasteiger partial charge >= 0.3 is 0 Å². The number of fused-ring (bicyclic) bond motifs is 3. The molecule has 0 saturated heterocycles. The van der Waals surface area contributed by atoms with E-state index in [0.717, 1.165) is 33.6 Å². The quantitative estimate of drug-likeness (QED) is 0.186. The molecule has 0 atom stereocenters. The van der Waals surface area contributed by atoms with E-state index in [9.17, 15) is 5.11 Å². The zero-order chi connectivity index (χ0) is 38.9. The van der Waals surface area contributed by atoms with Gasteiger partial charge in [0, 0.05) is 32.8 Å². The zero-order valence-electron chi connectivity index (χ0n) is 33.7. The Hall–Kier alpha value is -5.12. The van der Waals surface area contributed by atoms with Gasteiger partial charge in [0.05, 0.1) is 22.5 Å². The van der Waals surface area contributed by atoms with Crippen molar-refractivity contribution in [3.63, 3.8) is 0 Å². The molecule has 6 heteroatoms. The molecule has 3 aromatic heterocycles. The van der Waals surface area contributed by atoms with E-state index < -0.39 is 5.41 Å². The van der Waals surface area contributed by atoms with Crippen LogP contribution in [0.4, 0.5) is 0 Å². The fraction of sp³-hybridized carbons (Fsp3) is 0.260. The molecular formula is C50H49N4OPt-. The molecule has 0 saturated carbocycles. The van der Waals surface area contributed by atoms with E-state index in [4.69, 9.17) is 19.9 Å². The predicted molar refractivity (Wildman–Crippen MR) is 225 cm³/mol. The normalized spacial score (nSPS) is 13.5. The van der Waals surface area contributed by atoms with E-state index in [1.165, 1.54) is 27.8 Å². The van der Waals surface area contributed by atoms with Crippen molar-refractivity contribution in [1.29, 1.82) is 0 Å². The maximum absolute atomic E-state index is 11.1. The molecule has 4 aromatic carbocycles. The van der Waals surface area contributed by atoms with Gasteiger partial charge in [-0.3, -0.25) is 4.98 Å². The SMILES string of the molecule is CC(C)(C)c1cc(-c2cc(-c3ncc(C4(c5cc(C(C)(C)C)ccn5)c5ccccc5-c5ccccc54)[n-]3)nc(-c3ccccc3O)c2)cc(C(C)(C)C)c1.[Pt]. The molecule has 0 aliphatic heterocycles. The number of pyridine rings is 2. The van der Waals surface area contributed by atoms with E-state index in [2.05, 4.69) is 153 Å². The number of hydrogen-bond donors (Lipinski definition) is 1. The number of aromatic nitrogens is 4. The summed E-state index contributed by atoms with van der Waals surface area (Å²) in [6.07, 6.45) is 3.84. The monoisotopic (exact) mass is 916 g/mol. The topological polar surface area (TPSA) is 73.0 Å². The third kappa shape index (κ3) is 6.75. The molecule has 1 aliphatic carbocycles. The van der Waals surface area contributed by atoms with Crippen LogP contribution in [0.15, 0.2) is 128 Å². The van der Waals surface area contributed by atoms with Gasteiger partial charge in [-0.15, -0.1) is 0 Å². The van der Waals surface area contributed by atoms with Crippen LogP contribution in [-0.2, 0) is 42.7 Å². The summed E-state index contributed by atoms with van der Waals surface area (Å²) in [7, 11) is 0. The van der Waals surface area contributed by atoms with E-state index >= 15 is 0 Å². The first-order valence-corrected chi connectivity index (χ1v) is 19.2. The van der Waals surface area contributed by atoms with Crippen LogP contribution in [0.5, 0.6) is 5.75 Å². The summed E-state index contributed by atoms with van der Waals surface area (Å²) in [5.41, 5.74) is 13.0. The van der Waals surface area contributed by atoms with Crippen LogP contribution in [0.25, 0.3) is 45.0 Å². The second-order valence-electron chi connectivity index (χ2n) is 18.0. The van der Waals surface area contributed by atoms with Crippen molar-refractivity contribution in [2.75, 3.05) is 0 Å². The van der Waals surface area contributed by atoms with Gasteiger partial charge < -0.3 is 15.1 Å². The summed E-state index contributed by atoms with van der Waals surface area (Å²) in [5, 5.41) is 11.1. The molecule has 0 amide bonds. The van der Waals surface area contributed by atoms with Crippen LogP contribution >= 0.6 is 0 Å². The molecule has 3 heterocycles. The first-order chi connectivity index (χ1) is 26.0. The number of benzene rings is 4. The van der Waals surface area contributed by atoms with E-state index in [1.54, 1.807) is 6.07 Å². The first kappa shape index (κ1) is 39.1. The third-order valence-electron chi connectivity index (χ3n) is 11.1. The minimum absolute atomic E-state index is 0. The Kier molecular flexibility index (Phi) is 9.86. The Morgan fingerprint density at radius 2 is 1.05 bits per heavy atom. The smallest absolute Gasteiger partial charge is 0.124 e. The van der Waals surface area contributed by atoms with Crippen LogP contribution in [0, 0.1) is 0 Å². The number of hydrogen-bond acceptors (Lipinski definition) is 4. The average molecular weight is 917 g/mol. The van der Waals surface area contributed by atoms with Gasteiger partial charge in [0.25, 0.3) is 0 Å². The minimum Gasteiger partial charge on any atom is -0.507 e. The van der Waals surface area contributed by atoms with Crippen molar-refractivity contribution < 1.29 is 26.2 Å². The maximum atomic E-state index is 11.1. The van der Waals surface area contributed by atoms with E-state index in [-0.39, 0.29) is 43.1 Å². The van der Waals surface area contributed by atoms with Crippen LogP contribution in [0.3, 0.4) is 0 Å². The van der Waals surface area contributed by atoms with Gasteiger partial charge in [0.2, 0.25) is 0 Å². The Labute approximate surface area is 346 Å². The second kappa shape index (κ2) is 14.1. The van der Waals surface area contributed by atoms with Crippen molar-refractivity contribution in [3.05, 3.63) is 167 Å². The molecule has 1 aliphatic rings. The fourth-order valence-corrected chi connectivity index (χ4v) is 7.92. The van der Waals surface area contributed by atoms with Crippen LogP contribution in [0.2, 0.25) is 0 Å². The molecule has 0 fully saturated rings.